The third-order valence-electron chi connectivity index (χ3n) is 3.27. The summed E-state index contributed by atoms with van der Waals surface area (Å²) in [6, 6.07) is 6.06. The van der Waals surface area contributed by atoms with Gasteiger partial charge in [-0.15, -0.1) is 11.8 Å². The first kappa shape index (κ1) is 11.3. The van der Waals surface area contributed by atoms with Crippen molar-refractivity contribution in [3.63, 3.8) is 0 Å². The predicted octanol–water partition coefficient (Wildman–Crippen LogP) is 3.92. The number of thioether (sulfide) groups is 1. The molecular weight excluding hydrogens is 254 g/mol. The quantitative estimate of drug-likeness (QED) is 0.610. The van der Waals surface area contributed by atoms with Crippen LogP contribution in [-0.2, 0) is 10.3 Å². The van der Waals surface area contributed by atoms with Crippen LogP contribution < -0.4 is 0 Å². The highest BCUT2D eigenvalue weighted by molar-refractivity contribution is 8.00. The number of aliphatic imine (C=N–C) groups is 1. The minimum absolute atomic E-state index is 0.311. The van der Waals surface area contributed by atoms with Crippen LogP contribution in [0.3, 0.4) is 0 Å². The second-order valence-electron chi connectivity index (χ2n) is 4.70. The number of hydrogen-bond donors (Lipinski definition) is 0. The SMILES string of the molecule is O=C=NC1(c2ccc(SC3CC3)c(Cl)c2)CC1. The maximum absolute atomic E-state index is 10.4. The van der Waals surface area contributed by atoms with Gasteiger partial charge in [-0.25, -0.2) is 4.79 Å². The van der Waals surface area contributed by atoms with E-state index in [0.29, 0.717) is 0 Å². The van der Waals surface area contributed by atoms with E-state index in [9.17, 15) is 4.79 Å². The number of carbonyl (C=O) groups excluding carboxylic acids is 1. The van der Waals surface area contributed by atoms with E-state index in [2.05, 4.69) is 11.1 Å². The summed E-state index contributed by atoms with van der Waals surface area (Å²) in [6.45, 7) is 0. The number of isocyanates is 1. The average Bonchev–Trinajstić information content (AvgIpc) is 3.17. The topological polar surface area (TPSA) is 29.4 Å². The van der Waals surface area contributed by atoms with Crippen molar-refractivity contribution in [3.8, 4) is 0 Å². The molecule has 4 heteroatoms. The fourth-order valence-corrected chi connectivity index (χ4v) is 3.29. The number of rotatable bonds is 4. The minimum atomic E-state index is -0.311. The molecular formula is C13H12ClNOS. The Morgan fingerprint density at radius 3 is 2.71 bits per heavy atom. The minimum Gasteiger partial charge on any atom is -0.211 e. The van der Waals surface area contributed by atoms with Gasteiger partial charge in [0, 0.05) is 10.1 Å². The van der Waals surface area contributed by atoms with Crippen molar-refractivity contribution in [2.24, 2.45) is 4.99 Å². The smallest absolute Gasteiger partial charge is 0.211 e. The highest BCUT2D eigenvalue weighted by Crippen LogP contribution is 2.51. The van der Waals surface area contributed by atoms with E-state index in [4.69, 9.17) is 11.6 Å². The molecule has 2 nitrogen and oxygen atoms in total. The van der Waals surface area contributed by atoms with E-state index in [1.54, 1.807) is 6.08 Å². The fourth-order valence-electron chi connectivity index (χ4n) is 1.92. The molecule has 0 amide bonds. The van der Waals surface area contributed by atoms with Gasteiger partial charge in [0.05, 0.1) is 10.6 Å². The van der Waals surface area contributed by atoms with Crippen molar-refractivity contribution < 1.29 is 4.79 Å². The lowest BCUT2D eigenvalue weighted by Gasteiger charge is -2.10. The summed E-state index contributed by atoms with van der Waals surface area (Å²) in [5.74, 6) is 0. The molecule has 3 rings (SSSR count). The van der Waals surface area contributed by atoms with E-state index in [1.807, 2.05) is 23.9 Å². The molecule has 0 bridgehead atoms. The molecule has 88 valence electrons. The van der Waals surface area contributed by atoms with E-state index in [0.717, 1.165) is 33.6 Å². The average molecular weight is 266 g/mol. The molecule has 0 unspecified atom stereocenters. The molecule has 0 radical (unpaired) electrons. The van der Waals surface area contributed by atoms with E-state index in [1.165, 1.54) is 12.8 Å². The summed E-state index contributed by atoms with van der Waals surface area (Å²) in [6.07, 6.45) is 6.11. The summed E-state index contributed by atoms with van der Waals surface area (Å²) in [7, 11) is 0. The van der Waals surface area contributed by atoms with Crippen molar-refractivity contribution in [3.05, 3.63) is 28.8 Å². The van der Waals surface area contributed by atoms with Crippen molar-refractivity contribution in [1.29, 1.82) is 0 Å². The molecule has 2 saturated carbocycles. The van der Waals surface area contributed by atoms with Gasteiger partial charge in [-0.3, -0.25) is 0 Å². The third-order valence-corrected chi connectivity index (χ3v) is 5.11. The molecule has 0 aliphatic heterocycles. The zero-order chi connectivity index (χ0) is 11.9. The molecule has 0 spiro atoms. The Hall–Kier alpha value is -0.760. The first-order valence-electron chi connectivity index (χ1n) is 5.79. The van der Waals surface area contributed by atoms with Gasteiger partial charge < -0.3 is 0 Å². The van der Waals surface area contributed by atoms with Gasteiger partial charge in [0.2, 0.25) is 6.08 Å². The number of benzene rings is 1. The largest absolute Gasteiger partial charge is 0.235 e. The number of hydrogen-bond acceptors (Lipinski definition) is 3. The van der Waals surface area contributed by atoms with Crippen LogP contribution in [0.25, 0.3) is 0 Å². The molecule has 0 heterocycles. The predicted molar refractivity (Wildman–Crippen MR) is 69.4 cm³/mol. The molecule has 2 aliphatic rings. The molecule has 2 aliphatic carbocycles. The Balaban J connectivity index is 1.87. The Morgan fingerprint density at radius 2 is 2.18 bits per heavy atom. The van der Waals surface area contributed by atoms with Crippen LogP contribution in [0.5, 0.6) is 0 Å². The zero-order valence-corrected chi connectivity index (χ0v) is 10.9. The monoisotopic (exact) mass is 265 g/mol. The Kier molecular flexibility index (Phi) is 2.78. The molecule has 0 N–H and O–H groups in total. The Bertz CT molecular complexity index is 502. The molecule has 2 fully saturated rings. The maximum Gasteiger partial charge on any atom is 0.235 e. The Labute approximate surface area is 109 Å². The van der Waals surface area contributed by atoms with Crippen molar-refractivity contribution >= 4 is 29.4 Å². The molecule has 0 atom stereocenters. The van der Waals surface area contributed by atoms with Crippen molar-refractivity contribution in [2.75, 3.05) is 0 Å². The van der Waals surface area contributed by atoms with Crippen LogP contribution in [0.4, 0.5) is 0 Å². The summed E-state index contributed by atoms with van der Waals surface area (Å²) in [5.41, 5.74) is 0.736. The summed E-state index contributed by atoms with van der Waals surface area (Å²) in [4.78, 5) is 15.5. The number of halogens is 1. The number of nitrogens with zero attached hydrogens (tertiary/aromatic N) is 1. The fraction of sp³-hybridized carbons (Fsp3) is 0.462. The first-order valence-corrected chi connectivity index (χ1v) is 7.05. The van der Waals surface area contributed by atoms with Gasteiger partial charge in [0.25, 0.3) is 0 Å². The molecule has 0 saturated heterocycles. The Morgan fingerprint density at radius 1 is 1.41 bits per heavy atom. The summed E-state index contributed by atoms with van der Waals surface area (Å²) in [5, 5.41) is 1.54. The van der Waals surface area contributed by atoms with Gasteiger partial charge in [0.1, 0.15) is 0 Å². The van der Waals surface area contributed by atoms with Crippen LogP contribution in [0.2, 0.25) is 5.02 Å². The third kappa shape index (κ3) is 2.28. The highest BCUT2D eigenvalue weighted by Gasteiger charge is 2.45. The molecule has 1 aromatic rings. The lowest BCUT2D eigenvalue weighted by molar-refractivity contribution is 0.556. The van der Waals surface area contributed by atoms with Crippen LogP contribution in [0, 0.1) is 0 Å². The van der Waals surface area contributed by atoms with Crippen molar-refractivity contribution in [2.45, 2.75) is 41.4 Å². The van der Waals surface area contributed by atoms with Gasteiger partial charge in [-0.05, 0) is 43.4 Å². The first-order chi connectivity index (χ1) is 8.23. The van der Waals surface area contributed by atoms with Crippen molar-refractivity contribution in [1.82, 2.24) is 0 Å². The van der Waals surface area contributed by atoms with E-state index < -0.39 is 0 Å². The highest BCUT2D eigenvalue weighted by atomic mass is 35.5. The normalized spacial score (nSPS) is 20.8. The van der Waals surface area contributed by atoms with Crippen LogP contribution >= 0.6 is 23.4 Å². The van der Waals surface area contributed by atoms with Gasteiger partial charge in [0.15, 0.2) is 0 Å². The zero-order valence-electron chi connectivity index (χ0n) is 9.28. The second kappa shape index (κ2) is 4.16. The van der Waals surface area contributed by atoms with Crippen LogP contribution in [0.15, 0.2) is 28.1 Å². The second-order valence-corrected chi connectivity index (χ2v) is 6.45. The van der Waals surface area contributed by atoms with Gasteiger partial charge >= 0.3 is 0 Å². The molecule has 0 aromatic heterocycles. The van der Waals surface area contributed by atoms with Crippen LogP contribution in [-0.4, -0.2) is 11.3 Å². The van der Waals surface area contributed by atoms with Gasteiger partial charge in [-0.2, -0.15) is 4.99 Å². The lowest BCUT2D eigenvalue weighted by Crippen LogP contribution is -2.02. The summed E-state index contributed by atoms with van der Waals surface area (Å²) >= 11 is 8.12. The standard InChI is InChI=1S/C13H12ClNOS/c14-11-7-9(13(5-6-13)15-8-16)1-4-12(11)17-10-2-3-10/h1,4,7,10H,2-3,5-6H2. The molecule has 17 heavy (non-hydrogen) atoms. The van der Waals surface area contributed by atoms with E-state index in [-0.39, 0.29) is 5.54 Å². The molecule has 1 aromatic carbocycles. The van der Waals surface area contributed by atoms with Gasteiger partial charge in [-0.1, -0.05) is 17.7 Å². The maximum atomic E-state index is 10.4. The summed E-state index contributed by atoms with van der Waals surface area (Å²) < 4.78 is 0. The van der Waals surface area contributed by atoms with E-state index >= 15 is 0 Å². The van der Waals surface area contributed by atoms with Crippen LogP contribution in [0.1, 0.15) is 31.2 Å². The lowest BCUT2D eigenvalue weighted by atomic mass is 10.1.